The van der Waals surface area contributed by atoms with E-state index >= 15 is 0 Å². The molecule has 7 heterocycles. The van der Waals surface area contributed by atoms with Gasteiger partial charge in [0.15, 0.2) is 0 Å². The van der Waals surface area contributed by atoms with Gasteiger partial charge in [-0.1, -0.05) is 99.7 Å². The van der Waals surface area contributed by atoms with E-state index in [-0.39, 0.29) is 34.8 Å². The molecule has 4 aliphatic rings. The molecule has 592 valence electrons. The highest BCUT2D eigenvalue weighted by Gasteiger charge is 2.43. The van der Waals surface area contributed by atoms with Crippen LogP contribution in [0, 0.1) is 43.7 Å². The van der Waals surface area contributed by atoms with Gasteiger partial charge < -0.3 is 50.3 Å². The van der Waals surface area contributed by atoms with Gasteiger partial charge in [-0.2, -0.15) is 13.7 Å². The summed E-state index contributed by atoms with van der Waals surface area (Å²) in [6.07, 6.45) is 17.1. The molecule has 0 unspecified atom stereocenters. The molecule has 8 aromatic carbocycles. The standard InChI is InChI=1S/2C22H23N3O2S.C18H18FNO2S.C12H12BrNO.C6H5FS.C4H6N2.CH4O3S/c2*1-16-24-11-12-25(16)18-5-7-19(8-6-18)28-20-4-2-3-17(15-20)22(21(23)26)9-13-27-14-10-22;19-14-4-6-15(7-5-14)23-16-3-1-2-13(12-16)18(17(20)21)8-10-22-11-9-18;13-11-3-1-2-10(8-11)12(9-14)4-6-15-7-5-12;7-5-1-3-6(8)4-2-5;1-4-5-2-3-6-4;1-5(2,3)4/h2*2-8,11-12,15H,9-10,13-14H2,1H3,(H2,23,26);1-7,12H,8-11H2,(H2,20,21);1-3,8H,4-7H2;1-4,8H;2-3H,1H3,(H,5,6);1H3,(H,2,3,4). The van der Waals surface area contributed by atoms with Crippen molar-refractivity contribution in [3.8, 4) is 17.4 Å². The van der Waals surface area contributed by atoms with Crippen molar-refractivity contribution >= 4 is 91.7 Å². The number of primary amides is 3. The number of nitrogens with two attached hydrogens (primary N) is 3. The molecule has 0 spiro atoms. The minimum absolute atomic E-state index is 0.220. The van der Waals surface area contributed by atoms with Gasteiger partial charge in [-0.25, -0.2) is 23.7 Å². The van der Waals surface area contributed by atoms with Gasteiger partial charge in [-0.05, 0) is 240 Å². The molecule has 113 heavy (non-hydrogen) atoms. The van der Waals surface area contributed by atoms with Crippen LogP contribution in [0.2, 0.25) is 0 Å². The Morgan fingerprint density at radius 3 is 1.11 bits per heavy atom. The zero-order chi connectivity index (χ0) is 81.0. The molecule has 8 N–H and O–H groups in total. The lowest BCUT2D eigenvalue weighted by Crippen LogP contribution is -2.45. The predicted octanol–water partition coefficient (Wildman–Crippen LogP) is 16.6. The molecule has 4 aliphatic heterocycles. The van der Waals surface area contributed by atoms with Gasteiger partial charge >= 0.3 is 0 Å². The molecule has 0 bridgehead atoms. The van der Waals surface area contributed by atoms with E-state index in [4.69, 9.17) is 40.7 Å². The summed E-state index contributed by atoms with van der Waals surface area (Å²) in [5.74, 6) is 1.58. The summed E-state index contributed by atoms with van der Waals surface area (Å²) >= 11 is 12.3. The van der Waals surface area contributed by atoms with Gasteiger partial charge in [0.25, 0.3) is 10.1 Å². The number of aromatic nitrogens is 6. The van der Waals surface area contributed by atoms with Crippen molar-refractivity contribution in [2.75, 3.05) is 59.1 Å². The Hall–Kier alpha value is -9.22. The molecule has 11 aromatic rings. The van der Waals surface area contributed by atoms with Gasteiger partial charge in [0.2, 0.25) is 17.7 Å². The molecule has 4 fully saturated rings. The maximum Gasteiger partial charge on any atom is 0.261 e. The van der Waals surface area contributed by atoms with Crippen LogP contribution in [0.1, 0.15) is 91.1 Å². The highest BCUT2D eigenvalue weighted by molar-refractivity contribution is 9.10. The number of nitriles is 1. The van der Waals surface area contributed by atoms with Crippen LogP contribution in [0.5, 0.6) is 0 Å². The van der Waals surface area contributed by atoms with E-state index in [1.165, 1.54) is 36.0 Å². The largest absolute Gasteiger partial charge is 0.381 e. The van der Waals surface area contributed by atoms with E-state index in [1.54, 1.807) is 72.6 Å². The van der Waals surface area contributed by atoms with E-state index < -0.39 is 26.4 Å². The molecular weight excluding hydrogens is 1600 g/mol. The van der Waals surface area contributed by atoms with E-state index in [0.717, 1.165) is 103 Å². The van der Waals surface area contributed by atoms with Crippen molar-refractivity contribution in [1.82, 2.24) is 29.1 Å². The average Bonchev–Trinajstić information content (AvgIpc) is 1.77. The molecule has 0 atom stereocenters. The number of ether oxygens (including phenoxy) is 4. The van der Waals surface area contributed by atoms with Gasteiger partial charge in [0.1, 0.15) is 29.1 Å². The first-order valence-electron chi connectivity index (χ1n) is 36.2. The van der Waals surface area contributed by atoms with Crippen LogP contribution < -0.4 is 17.2 Å². The second kappa shape index (κ2) is 42.2. The third-order valence-electron chi connectivity index (χ3n) is 19.4. The first-order valence-corrected chi connectivity index (χ1v) is 41.8. The van der Waals surface area contributed by atoms with E-state index in [9.17, 15) is 36.8 Å². The number of H-pyrrole nitrogens is 1. The Bertz CT molecular complexity index is 4840. The SMILES string of the molecule is CS(=O)(=O)O.Cc1ncc[nH]1.Cc1nccn1-c1ccc(Sc2cccc(C3(C(N)=O)CCOCC3)c2)cc1.Cc1nccn1-c1ccc(Sc2cccc(C3(C(N)=O)CCOCC3)c2)cc1.Fc1ccc(S)cc1.N#CC1(c2cccc(Br)c2)CCOCC1.NC(=O)C1(c2cccc(Sc3ccc(F)cc3)c2)CCOCC1. The highest BCUT2D eigenvalue weighted by atomic mass is 79.9. The summed E-state index contributed by atoms with van der Waals surface area (Å²) in [5.41, 5.74) is 21.2. The van der Waals surface area contributed by atoms with Crippen LogP contribution in [0.25, 0.3) is 11.4 Å². The molecule has 20 nitrogen and oxygen atoms in total. The number of benzene rings is 8. The molecule has 0 aliphatic carbocycles. The summed E-state index contributed by atoms with van der Waals surface area (Å²) < 4.78 is 77.7. The fraction of sp³-hybridized carbons (Fsp3) is 0.282. The van der Waals surface area contributed by atoms with E-state index in [2.05, 4.69) is 136 Å². The lowest BCUT2D eigenvalue weighted by atomic mass is 9.73. The quantitative estimate of drug-likeness (QED) is 0.0410. The topological polar surface area (TPSA) is 309 Å². The number of aryl methyl sites for hydroxylation is 3. The number of thiol groups is 1. The average molecular weight is 1690 g/mol. The molecule has 15 rings (SSSR count). The number of hydrogen-bond acceptors (Lipinski definition) is 17. The second-order valence-electron chi connectivity index (χ2n) is 26.9. The number of nitrogens with one attached hydrogen (secondary N) is 1. The third kappa shape index (κ3) is 25.4. The van der Waals surface area contributed by atoms with Crippen molar-refractivity contribution in [3.63, 3.8) is 0 Å². The number of rotatable bonds is 15. The minimum atomic E-state index is -3.67. The molecule has 3 aromatic heterocycles. The fourth-order valence-corrected chi connectivity index (χ4v) is 16.3. The molecule has 0 saturated carbocycles. The van der Waals surface area contributed by atoms with Crippen LogP contribution >= 0.6 is 63.8 Å². The predicted molar refractivity (Wildman–Crippen MR) is 443 cm³/mol. The number of aromatic amines is 1. The van der Waals surface area contributed by atoms with Gasteiger partial charge in [0, 0.05) is 140 Å². The molecule has 0 radical (unpaired) electrons. The van der Waals surface area contributed by atoms with Crippen molar-refractivity contribution in [2.45, 2.75) is 128 Å². The lowest BCUT2D eigenvalue weighted by molar-refractivity contribution is -0.127. The monoisotopic (exact) mass is 1690 g/mol. The second-order valence-corrected chi connectivity index (χ2v) is 33.2. The number of imidazole rings is 3. The summed E-state index contributed by atoms with van der Waals surface area (Å²) in [4.78, 5) is 59.1. The van der Waals surface area contributed by atoms with Crippen molar-refractivity contribution in [2.24, 2.45) is 17.2 Å². The van der Waals surface area contributed by atoms with Crippen molar-refractivity contribution < 1.29 is 55.1 Å². The smallest absolute Gasteiger partial charge is 0.261 e. The van der Waals surface area contributed by atoms with Gasteiger partial charge in [-0.3, -0.25) is 18.9 Å². The minimum Gasteiger partial charge on any atom is -0.381 e. The van der Waals surface area contributed by atoms with Crippen LogP contribution in [-0.4, -0.2) is 119 Å². The van der Waals surface area contributed by atoms with E-state index in [1.807, 2.05) is 106 Å². The number of halogens is 3. The maximum absolute atomic E-state index is 13.0. The zero-order valence-corrected chi connectivity index (χ0v) is 68.8. The number of amides is 3. The third-order valence-corrected chi connectivity index (χ3v) is 23.2. The molecule has 4 saturated heterocycles. The number of carbonyl (C=O) groups is 3. The normalized spacial score (nSPS) is 15.6. The number of nitrogens with zero attached hydrogens (tertiary/aromatic N) is 6. The zero-order valence-electron chi connectivity index (χ0n) is 63.0. The number of hydrogen-bond donors (Lipinski definition) is 6. The Kier molecular flexibility index (Phi) is 32.8. The summed E-state index contributed by atoms with van der Waals surface area (Å²) in [7, 11) is -3.67. The Labute approximate surface area is 685 Å². The Balaban J connectivity index is 0.000000162. The summed E-state index contributed by atoms with van der Waals surface area (Å²) in [6.45, 7) is 10.6. The maximum atomic E-state index is 13.0. The van der Waals surface area contributed by atoms with Crippen LogP contribution in [0.3, 0.4) is 0 Å². The van der Waals surface area contributed by atoms with Gasteiger partial charge in [0.05, 0.1) is 34.0 Å². The van der Waals surface area contributed by atoms with Crippen molar-refractivity contribution in [3.05, 3.63) is 287 Å². The van der Waals surface area contributed by atoms with E-state index in [0.29, 0.717) is 97.6 Å². The number of carbonyl (C=O) groups excluding carboxylic acids is 3. The molecule has 3 amide bonds. The van der Waals surface area contributed by atoms with Crippen LogP contribution in [0.4, 0.5) is 8.78 Å². The molecular formula is C85H91BrF2N10O10S5. The Morgan fingerprint density at radius 1 is 0.496 bits per heavy atom. The first-order chi connectivity index (χ1) is 54.2. The molecule has 28 heteroatoms. The van der Waals surface area contributed by atoms with Crippen LogP contribution in [-0.2, 0) is 65.1 Å². The van der Waals surface area contributed by atoms with Crippen molar-refractivity contribution in [1.29, 1.82) is 5.26 Å². The fourth-order valence-electron chi connectivity index (χ4n) is 13.1. The highest BCUT2D eigenvalue weighted by Crippen LogP contribution is 2.42. The summed E-state index contributed by atoms with van der Waals surface area (Å²) in [5, 5.41) is 9.36. The van der Waals surface area contributed by atoms with Crippen LogP contribution in [0.15, 0.2) is 270 Å². The first kappa shape index (κ1) is 87.7. The lowest BCUT2D eigenvalue weighted by Gasteiger charge is -2.34. The van der Waals surface area contributed by atoms with Gasteiger partial charge in [-0.15, -0.1) is 12.6 Å². The summed E-state index contributed by atoms with van der Waals surface area (Å²) in [6, 6.07) is 63.8. The Morgan fingerprint density at radius 2 is 0.823 bits per heavy atom.